The van der Waals surface area contributed by atoms with Crippen LogP contribution in [0.1, 0.15) is 6.42 Å². The van der Waals surface area contributed by atoms with Crippen LogP contribution in [-0.4, -0.2) is 24.4 Å². The van der Waals surface area contributed by atoms with Gasteiger partial charge in [0.2, 0.25) is 0 Å². The normalized spacial score (nSPS) is 16.9. The zero-order valence-corrected chi connectivity index (χ0v) is 6.19. The zero-order chi connectivity index (χ0) is 11.8. The van der Waals surface area contributed by atoms with E-state index in [2.05, 4.69) is 0 Å². The van der Waals surface area contributed by atoms with E-state index >= 15 is 0 Å². The van der Waals surface area contributed by atoms with E-state index in [1.165, 1.54) is 0 Å². The summed E-state index contributed by atoms with van der Waals surface area (Å²) in [6.45, 7) is 0. The summed E-state index contributed by atoms with van der Waals surface area (Å²) in [5.74, 6) is -5.98. The minimum absolute atomic E-state index is 2.83. The predicted molar refractivity (Wildman–Crippen MR) is 26.6 cm³/mol. The maximum absolute atomic E-state index is 12.0. The monoisotopic (exact) mass is 234 g/mol. The van der Waals surface area contributed by atoms with Gasteiger partial charge >= 0.3 is 18.3 Å². The Balaban J connectivity index is 4.61. The highest BCUT2D eigenvalue weighted by Gasteiger charge is 2.64. The van der Waals surface area contributed by atoms with Crippen molar-refractivity contribution in [2.45, 2.75) is 30.9 Å². The van der Waals surface area contributed by atoms with Gasteiger partial charge in [-0.1, -0.05) is 0 Å². The lowest BCUT2D eigenvalue weighted by Gasteiger charge is -2.23. The van der Waals surface area contributed by atoms with Crippen LogP contribution in [0, 0.1) is 0 Å². The highest BCUT2D eigenvalue weighted by molar-refractivity contribution is 4.85. The van der Waals surface area contributed by atoms with Gasteiger partial charge in [-0.3, -0.25) is 0 Å². The quantitative estimate of drug-likeness (QED) is 0.641. The lowest BCUT2D eigenvalue weighted by Crippen LogP contribution is -2.46. The van der Waals surface area contributed by atoms with Crippen LogP contribution >= 0.6 is 0 Å². The fourth-order valence-corrected chi connectivity index (χ4v) is 0.509. The summed E-state index contributed by atoms with van der Waals surface area (Å²) in [6.07, 6.45) is -18.9. The Bertz CT molecular complexity index is 186. The number of alkyl halides is 9. The average Bonchev–Trinajstić information content (AvgIpc) is 1.80. The molecule has 0 saturated carbocycles. The van der Waals surface area contributed by atoms with Gasteiger partial charge in [0.15, 0.2) is 6.17 Å². The second kappa shape index (κ2) is 3.50. The molecule has 0 N–H and O–H groups in total. The van der Waals surface area contributed by atoms with Gasteiger partial charge in [0.25, 0.3) is 0 Å². The van der Waals surface area contributed by atoms with E-state index < -0.39 is 30.9 Å². The lowest BCUT2D eigenvalue weighted by atomic mass is 10.1. The molecule has 0 bridgehead atoms. The smallest absolute Gasteiger partial charge is 0.240 e. The van der Waals surface area contributed by atoms with Gasteiger partial charge in [-0.05, 0) is 0 Å². The third kappa shape index (κ3) is 3.26. The van der Waals surface area contributed by atoms with E-state index in [-0.39, 0.29) is 0 Å². The topological polar surface area (TPSA) is 0 Å². The molecule has 0 heterocycles. The van der Waals surface area contributed by atoms with E-state index in [1.807, 2.05) is 0 Å². The first-order valence-electron chi connectivity index (χ1n) is 3.03. The average molecular weight is 234 g/mol. The number of rotatable bonds is 2. The van der Waals surface area contributed by atoms with Crippen molar-refractivity contribution in [2.75, 3.05) is 0 Å². The molecule has 0 aliphatic heterocycles. The summed E-state index contributed by atoms with van der Waals surface area (Å²) < 4.78 is 103. The molecular formula is C5H3F9. The van der Waals surface area contributed by atoms with Crippen LogP contribution in [0.2, 0.25) is 0 Å². The fourth-order valence-electron chi connectivity index (χ4n) is 0.509. The molecular weight excluding hydrogens is 231 g/mol. The Labute approximate surface area is 71.7 Å². The minimum Gasteiger partial charge on any atom is -0.240 e. The summed E-state index contributed by atoms with van der Waals surface area (Å²) in [7, 11) is 0. The van der Waals surface area contributed by atoms with Crippen LogP contribution in [0.4, 0.5) is 39.5 Å². The van der Waals surface area contributed by atoms with Gasteiger partial charge < -0.3 is 0 Å². The molecule has 0 radical (unpaired) electrons. The third-order valence-electron chi connectivity index (χ3n) is 1.18. The second-order valence-electron chi connectivity index (χ2n) is 2.41. The van der Waals surface area contributed by atoms with Crippen LogP contribution in [0.15, 0.2) is 0 Å². The molecule has 0 aromatic rings. The second-order valence-corrected chi connectivity index (χ2v) is 2.41. The third-order valence-corrected chi connectivity index (χ3v) is 1.18. The highest BCUT2D eigenvalue weighted by atomic mass is 19.4. The molecule has 0 saturated heterocycles. The van der Waals surface area contributed by atoms with E-state index in [9.17, 15) is 39.5 Å². The SMILES string of the molecule is FC(CC(F)(F)F)C(F)(F)C(F)(F)F. The summed E-state index contributed by atoms with van der Waals surface area (Å²) >= 11 is 0. The number of halogens is 9. The Hall–Kier alpha value is -0.630. The van der Waals surface area contributed by atoms with Gasteiger partial charge in [-0.2, -0.15) is 35.1 Å². The van der Waals surface area contributed by atoms with Gasteiger partial charge in [0.05, 0.1) is 6.42 Å². The summed E-state index contributed by atoms with van der Waals surface area (Å²) in [5.41, 5.74) is 0. The molecule has 86 valence electrons. The molecule has 0 rings (SSSR count). The van der Waals surface area contributed by atoms with Crippen molar-refractivity contribution < 1.29 is 39.5 Å². The Morgan fingerprint density at radius 2 is 1.14 bits per heavy atom. The Morgan fingerprint density at radius 3 is 1.36 bits per heavy atom. The first-order valence-corrected chi connectivity index (χ1v) is 3.03. The summed E-state index contributed by atoms with van der Waals surface area (Å²) in [5, 5.41) is 0. The summed E-state index contributed by atoms with van der Waals surface area (Å²) in [6, 6.07) is 0. The Kier molecular flexibility index (Phi) is 3.34. The molecule has 14 heavy (non-hydrogen) atoms. The molecule has 0 fully saturated rings. The van der Waals surface area contributed by atoms with E-state index in [0.29, 0.717) is 0 Å². The number of hydrogen-bond donors (Lipinski definition) is 0. The van der Waals surface area contributed by atoms with Crippen molar-refractivity contribution in [1.82, 2.24) is 0 Å². The highest BCUT2D eigenvalue weighted by Crippen LogP contribution is 2.42. The standard InChI is InChI=1S/C5H3F9/c6-2(1-3(7,8)9)4(10,11)5(12,13)14/h2H,1H2. The van der Waals surface area contributed by atoms with Crippen LogP contribution in [0.5, 0.6) is 0 Å². The largest absolute Gasteiger partial charge is 0.456 e. The van der Waals surface area contributed by atoms with Gasteiger partial charge in [-0.15, -0.1) is 0 Å². The van der Waals surface area contributed by atoms with Gasteiger partial charge in [0, 0.05) is 0 Å². The Morgan fingerprint density at radius 1 is 0.786 bits per heavy atom. The molecule has 0 aromatic heterocycles. The van der Waals surface area contributed by atoms with Crippen molar-refractivity contribution in [3.63, 3.8) is 0 Å². The molecule has 0 aliphatic carbocycles. The van der Waals surface area contributed by atoms with Crippen molar-refractivity contribution in [3.8, 4) is 0 Å². The molecule has 0 nitrogen and oxygen atoms in total. The minimum atomic E-state index is -6.32. The fraction of sp³-hybridized carbons (Fsp3) is 1.00. The maximum Gasteiger partial charge on any atom is 0.456 e. The molecule has 1 atom stereocenters. The van der Waals surface area contributed by atoms with Crippen LogP contribution in [0.3, 0.4) is 0 Å². The van der Waals surface area contributed by atoms with Crippen molar-refractivity contribution in [1.29, 1.82) is 0 Å². The molecule has 0 amide bonds. The van der Waals surface area contributed by atoms with Crippen molar-refractivity contribution >= 4 is 0 Å². The van der Waals surface area contributed by atoms with Crippen molar-refractivity contribution in [2.24, 2.45) is 0 Å². The molecule has 0 spiro atoms. The molecule has 0 aromatic carbocycles. The van der Waals surface area contributed by atoms with Crippen molar-refractivity contribution in [3.05, 3.63) is 0 Å². The summed E-state index contributed by atoms with van der Waals surface area (Å²) in [4.78, 5) is 0. The van der Waals surface area contributed by atoms with Crippen LogP contribution in [0.25, 0.3) is 0 Å². The van der Waals surface area contributed by atoms with E-state index in [0.717, 1.165) is 0 Å². The van der Waals surface area contributed by atoms with Crippen LogP contribution < -0.4 is 0 Å². The molecule has 9 heteroatoms. The van der Waals surface area contributed by atoms with Crippen LogP contribution in [-0.2, 0) is 0 Å². The molecule has 1 unspecified atom stereocenters. The predicted octanol–water partition coefficient (Wildman–Crippen LogP) is 3.47. The lowest BCUT2D eigenvalue weighted by molar-refractivity contribution is -0.312. The van der Waals surface area contributed by atoms with E-state index in [4.69, 9.17) is 0 Å². The first kappa shape index (κ1) is 13.4. The first-order chi connectivity index (χ1) is 5.88. The van der Waals surface area contributed by atoms with E-state index in [1.54, 1.807) is 0 Å². The zero-order valence-electron chi connectivity index (χ0n) is 6.19. The maximum atomic E-state index is 12.0. The molecule has 0 aliphatic rings. The van der Waals surface area contributed by atoms with Gasteiger partial charge in [-0.25, -0.2) is 4.39 Å². The van der Waals surface area contributed by atoms with Gasteiger partial charge in [0.1, 0.15) is 0 Å². The number of hydrogen-bond acceptors (Lipinski definition) is 0.